The zero-order valence-corrected chi connectivity index (χ0v) is 11.9. The van der Waals surface area contributed by atoms with E-state index in [4.69, 9.17) is 27.9 Å². The van der Waals surface area contributed by atoms with Crippen LogP contribution in [0.5, 0.6) is 5.75 Å². The molecule has 88 valence electrons. The molecule has 1 rings (SSSR count). The van der Waals surface area contributed by atoms with Crippen molar-refractivity contribution >= 4 is 39.1 Å². The van der Waals surface area contributed by atoms with Gasteiger partial charge in [0.1, 0.15) is 5.75 Å². The highest BCUT2D eigenvalue weighted by molar-refractivity contribution is 9.11. The number of nitrogens with one attached hydrogen (secondary N) is 1. The van der Waals surface area contributed by atoms with Gasteiger partial charge >= 0.3 is 0 Å². The molecule has 0 saturated carbocycles. The van der Waals surface area contributed by atoms with Crippen LogP contribution in [0.25, 0.3) is 0 Å². The lowest BCUT2D eigenvalue weighted by Gasteiger charge is -2.11. The second-order valence-corrected chi connectivity index (χ2v) is 5.17. The Morgan fingerprint density at radius 1 is 1.50 bits per heavy atom. The fourth-order valence-corrected chi connectivity index (χ4v) is 2.12. The Kier molecular flexibility index (Phi) is 5.62. The molecule has 0 aliphatic heterocycles. The first-order valence-corrected chi connectivity index (χ1v) is 6.15. The Hall–Kier alpha value is -0.220. The molecular weight excluding hydrogens is 313 g/mol. The molecule has 0 radical (unpaired) electrons. The molecule has 0 aromatic heterocycles. The minimum atomic E-state index is 0.518. The van der Waals surface area contributed by atoms with Gasteiger partial charge in [0.05, 0.1) is 12.1 Å². The van der Waals surface area contributed by atoms with Crippen molar-refractivity contribution in [2.45, 2.75) is 6.54 Å². The van der Waals surface area contributed by atoms with Gasteiger partial charge < -0.3 is 10.1 Å². The van der Waals surface area contributed by atoms with E-state index in [0.717, 1.165) is 10.0 Å². The van der Waals surface area contributed by atoms with Crippen LogP contribution in [-0.4, -0.2) is 13.7 Å². The third-order valence-electron chi connectivity index (χ3n) is 1.92. The van der Waals surface area contributed by atoms with Gasteiger partial charge in [-0.05, 0) is 12.1 Å². The first kappa shape index (κ1) is 13.8. The van der Waals surface area contributed by atoms with Crippen LogP contribution in [-0.2, 0) is 6.54 Å². The van der Waals surface area contributed by atoms with Crippen LogP contribution in [0.15, 0.2) is 23.2 Å². The van der Waals surface area contributed by atoms with Crippen molar-refractivity contribution < 1.29 is 4.74 Å². The fourth-order valence-electron chi connectivity index (χ4n) is 1.31. The van der Waals surface area contributed by atoms with Crippen LogP contribution in [0, 0.1) is 0 Å². The number of halogens is 3. The molecular formula is C11H12BrCl2NO. The maximum Gasteiger partial charge on any atom is 0.142 e. The van der Waals surface area contributed by atoms with E-state index in [-0.39, 0.29) is 0 Å². The summed E-state index contributed by atoms with van der Waals surface area (Å²) in [6.45, 7) is 5.03. The van der Waals surface area contributed by atoms with Crippen LogP contribution in [0.2, 0.25) is 10.0 Å². The Balaban J connectivity index is 2.81. The first-order valence-electron chi connectivity index (χ1n) is 4.60. The van der Waals surface area contributed by atoms with E-state index in [1.807, 2.05) is 6.07 Å². The maximum atomic E-state index is 6.01. The Bertz CT molecular complexity index is 396. The van der Waals surface area contributed by atoms with Gasteiger partial charge in [-0.25, -0.2) is 0 Å². The normalized spacial score (nSPS) is 10.2. The third-order valence-corrected chi connectivity index (χ3v) is 2.70. The van der Waals surface area contributed by atoms with Gasteiger partial charge in [0, 0.05) is 28.2 Å². The highest BCUT2D eigenvalue weighted by atomic mass is 79.9. The molecule has 1 aromatic rings. The Morgan fingerprint density at radius 2 is 2.19 bits per heavy atom. The fraction of sp³-hybridized carbons (Fsp3) is 0.273. The van der Waals surface area contributed by atoms with E-state index in [1.165, 1.54) is 0 Å². The van der Waals surface area contributed by atoms with Crippen molar-refractivity contribution in [3.63, 3.8) is 0 Å². The minimum absolute atomic E-state index is 0.518. The molecule has 0 aliphatic rings. The van der Waals surface area contributed by atoms with Crippen LogP contribution in [0.1, 0.15) is 5.56 Å². The highest BCUT2D eigenvalue weighted by Gasteiger charge is 2.09. The zero-order chi connectivity index (χ0) is 12.1. The maximum absolute atomic E-state index is 6.01. The standard InChI is InChI=1S/C11H12BrCl2NO/c1-7(12)5-15-6-8-3-9(13)4-10(14)11(8)16-2/h3-4,15H,1,5-6H2,2H3. The van der Waals surface area contributed by atoms with E-state index in [0.29, 0.717) is 28.9 Å². The summed E-state index contributed by atoms with van der Waals surface area (Å²) in [5, 5.41) is 4.30. The van der Waals surface area contributed by atoms with Crippen molar-refractivity contribution in [1.29, 1.82) is 0 Å². The van der Waals surface area contributed by atoms with Crippen LogP contribution in [0.4, 0.5) is 0 Å². The Morgan fingerprint density at radius 3 is 2.75 bits per heavy atom. The van der Waals surface area contributed by atoms with Crippen LogP contribution < -0.4 is 10.1 Å². The van der Waals surface area contributed by atoms with E-state index >= 15 is 0 Å². The van der Waals surface area contributed by atoms with E-state index in [2.05, 4.69) is 27.8 Å². The van der Waals surface area contributed by atoms with E-state index in [1.54, 1.807) is 13.2 Å². The lowest BCUT2D eigenvalue weighted by Crippen LogP contribution is -2.15. The van der Waals surface area contributed by atoms with Crippen LogP contribution in [0.3, 0.4) is 0 Å². The summed E-state index contributed by atoms with van der Waals surface area (Å²) in [7, 11) is 1.59. The van der Waals surface area contributed by atoms with Crippen molar-refractivity contribution in [1.82, 2.24) is 5.32 Å². The number of hydrogen-bond donors (Lipinski definition) is 1. The molecule has 16 heavy (non-hydrogen) atoms. The van der Waals surface area contributed by atoms with Gasteiger partial charge in [0.2, 0.25) is 0 Å². The average molecular weight is 325 g/mol. The smallest absolute Gasteiger partial charge is 0.142 e. The molecule has 0 saturated heterocycles. The van der Waals surface area contributed by atoms with Gasteiger partial charge in [-0.3, -0.25) is 0 Å². The lowest BCUT2D eigenvalue weighted by atomic mass is 10.2. The van der Waals surface area contributed by atoms with E-state index < -0.39 is 0 Å². The molecule has 2 nitrogen and oxygen atoms in total. The minimum Gasteiger partial charge on any atom is -0.495 e. The quantitative estimate of drug-likeness (QED) is 0.884. The summed E-state index contributed by atoms with van der Waals surface area (Å²) in [5.41, 5.74) is 0.925. The number of ether oxygens (including phenoxy) is 1. The Labute approximate surface area is 114 Å². The van der Waals surface area contributed by atoms with Gasteiger partial charge in [-0.2, -0.15) is 0 Å². The summed E-state index contributed by atoms with van der Waals surface area (Å²) in [4.78, 5) is 0. The number of rotatable bonds is 5. The summed E-state index contributed by atoms with van der Waals surface area (Å²) in [5.74, 6) is 0.652. The number of methoxy groups -OCH3 is 1. The number of benzene rings is 1. The first-order chi connectivity index (χ1) is 7.54. The molecule has 1 N–H and O–H groups in total. The second-order valence-electron chi connectivity index (χ2n) is 3.20. The molecule has 0 bridgehead atoms. The lowest BCUT2D eigenvalue weighted by molar-refractivity contribution is 0.408. The predicted octanol–water partition coefficient (Wildman–Crippen LogP) is 4.00. The monoisotopic (exact) mass is 323 g/mol. The molecule has 0 unspecified atom stereocenters. The average Bonchev–Trinajstić information content (AvgIpc) is 2.16. The van der Waals surface area contributed by atoms with Crippen molar-refractivity contribution in [3.8, 4) is 5.75 Å². The summed E-state index contributed by atoms with van der Waals surface area (Å²) >= 11 is 15.2. The molecule has 5 heteroatoms. The largest absolute Gasteiger partial charge is 0.495 e. The highest BCUT2D eigenvalue weighted by Crippen LogP contribution is 2.32. The van der Waals surface area contributed by atoms with Crippen molar-refractivity contribution in [2.24, 2.45) is 0 Å². The molecule has 0 amide bonds. The van der Waals surface area contributed by atoms with Crippen molar-refractivity contribution in [2.75, 3.05) is 13.7 Å². The molecule has 0 aliphatic carbocycles. The predicted molar refractivity (Wildman–Crippen MR) is 72.8 cm³/mol. The van der Waals surface area contributed by atoms with Gasteiger partial charge in [-0.1, -0.05) is 45.7 Å². The summed E-state index contributed by atoms with van der Waals surface area (Å²) in [6, 6.07) is 3.49. The van der Waals surface area contributed by atoms with Crippen molar-refractivity contribution in [3.05, 3.63) is 38.8 Å². The van der Waals surface area contributed by atoms with Gasteiger partial charge in [-0.15, -0.1) is 0 Å². The molecule has 0 atom stereocenters. The van der Waals surface area contributed by atoms with E-state index in [9.17, 15) is 0 Å². The summed E-state index contributed by atoms with van der Waals surface area (Å²) < 4.78 is 6.11. The summed E-state index contributed by atoms with van der Waals surface area (Å²) in [6.07, 6.45) is 0. The third kappa shape index (κ3) is 3.98. The molecule has 0 fully saturated rings. The van der Waals surface area contributed by atoms with Crippen LogP contribution >= 0.6 is 39.1 Å². The van der Waals surface area contributed by atoms with Gasteiger partial charge in [0.25, 0.3) is 0 Å². The molecule has 0 heterocycles. The molecule has 1 aromatic carbocycles. The topological polar surface area (TPSA) is 21.3 Å². The van der Waals surface area contributed by atoms with Gasteiger partial charge in [0.15, 0.2) is 0 Å². The SMILES string of the molecule is C=C(Br)CNCc1cc(Cl)cc(Cl)c1OC. The zero-order valence-electron chi connectivity index (χ0n) is 8.82. The number of hydrogen-bond acceptors (Lipinski definition) is 2. The molecule has 0 spiro atoms. The second kappa shape index (κ2) is 6.50.